The molecule has 0 spiro atoms. The van der Waals surface area contributed by atoms with Crippen LogP contribution in [0.15, 0.2) is 74.6 Å². The van der Waals surface area contributed by atoms with Crippen LogP contribution in [0, 0.1) is 0 Å². The quantitative estimate of drug-likeness (QED) is 0.481. The Balaban J connectivity index is 1.91. The minimum atomic E-state index is 0.0844. The number of benzene rings is 3. The van der Waals surface area contributed by atoms with Crippen molar-refractivity contribution in [2.24, 2.45) is 4.99 Å². The monoisotopic (exact) mass is 445 g/mol. The van der Waals surface area contributed by atoms with Crippen LogP contribution in [-0.2, 0) is 0 Å². The fraction of sp³-hybridized carbons (Fsp3) is 0. The summed E-state index contributed by atoms with van der Waals surface area (Å²) in [6, 6.07) is 18.6. The van der Waals surface area contributed by atoms with Gasteiger partial charge in [0.25, 0.3) is 0 Å². The lowest BCUT2D eigenvalue weighted by molar-refractivity contribution is 0.470. The van der Waals surface area contributed by atoms with Crippen molar-refractivity contribution >= 4 is 43.8 Å². The maximum Gasteiger partial charge on any atom is 0.141 e. The predicted molar refractivity (Wildman–Crippen MR) is 104 cm³/mol. The van der Waals surface area contributed by atoms with Gasteiger partial charge in [0.1, 0.15) is 17.2 Å². The second-order valence-corrected chi connectivity index (χ2v) is 6.92. The van der Waals surface area contributed by atoms with E-state index in [1.54, 1.807) is 24.3 Å². The van der Waals surface area contributed by atoms with Crippen molar-refractivity contribution < 1.29 is 10.2 Å². The summed E-state index contributed by atoms with van der Waals surface area (Å²) in [5.74, 6) is 0.184. The Labute approximate surface area is 156 Å². The molecular formula is C19H13Br2NO2. The summed E-state index contributed by atoms with van der Waals surface area (Å²) in [4.78, 5) is 4.28. The number of hydrogen-bond donors (Lipinski definition) is 2. The molecule has 0 aliphatic carbocycles. The third kappa shape index (κ3) is 3.68. The minimum Gasteiger partial charge on any atom is -0.506 e. The van der Waals surface area contributed by atoms with E-state index >= 15 is 0 Å². The molecule has 0 bridgehead atoms. The molecule has 0 radical (unpaired) electrons. The van der Waals surface area contributed by atoms with E-state index in [0.29, 0.717) is 15.7 Å². The first-order chi connectivity index (χ1) is 11.5. The third-order valence-corrected chi connectivity index (χ3v) is 4.55. The number of halogens is 2. The van der Waals surface area contributed by atoms with Gasteiger partial charge in [-0.15, -0.1) is 0 Å². The van der Waals surface area contributed by atoms with E-state index in [0.717, 1.165) is 15.6 Å². The van der Waals surface area contributed by atoms with Crippen molar-refractivity contribution in [3.8, 4) is 22.6 Å². The van der Waals surface area contributed by atoms with Crippen LogP contribution in [0.4, 0.5) is 5.69 Å². The molecule has 2 N–H and O–H groups in total. The number of nitrogens with zero attached hydrogens (tertiary/aromatic N) is 1. The molecule has 3 aromatic carbocycles. The van der Waals surface area contributed by atoms with Gasteiger partial charge in [0, 0.05) is 16.3 Å². The lowest BCUT2D eigenvalue weighted by atomic mass is 10.1. The summed E-state index contributed by atoms with van der Waals surface area (Å²) < 4.78 is 1.39. The second-order valence-electron chi connectivity index (χ2n) is 5.15. The molecule has 0 saturated carbocycles. The van der Waals surface area contributed by atoms with Crippen molar-refractivity contribution in [3.05, 3.63) is 75.2 Å². The zero-order valence-corrected chi connectivity index (χ0v) is 15.6. The maximum absolute atomic E-state index is 10.2. The number of rotatable bonds is 3. The largest absolute Gasteiger partial charge is 0.506 e. The van der Waals surface area contributed by atoms with Gasteiger partial charge in [0.05, 0.1) is 4.47 Å². The third-order valence-electron chi connectivity index (χ3n) is 3.48. The average molecular weight is 447 g/mol. The van der Waals surface area contributed by atoms with Crippen LogP contribution >= 0.6 is 31.9 Å². The van der Waals surface area contributed by atoms with Crippen LogP contribution in [0.1, 0.15) is 5.56 Å². The molecule has 120 valence electrons. The summed E-state index contributed by atoms with van der Waals surface area (Å²) >= 11 is 6.65. The average Bonchev–Trinajstić information content (AvgIpc) is 2.58. The van der Waals surface area contributed by atoms with Crippen LogP contribution in [0.3, 0.4) is 0 Å². The maximum atomic E-state index is 10.2. The Morgan fingerprint density at radius 1 is 0.833 bits per heavy atom. The van der Waals surface area contributed by atoms with Gasteiger partial charge >= 0.3 is 0 Å². The molecule has 0 heterocycles. The lowest BCUT2D eigenvalue weighted by Crippen LogP contribution is -1.84. The van der Waals surface area contributed by atoms with Gasteiger partial charge in [-0.2, -0.15) is 0 Å². The van der Waals surface area contributed by atoms with Crippen LogP contribution in [-0.4, -0.2) is 16.4 Å². The van der Waals surface area contributed by atoms with E-state index in [1.165, 1.54) is 6.21 Å². The molecule has 3 nitrogen and oxygen atoms in total. The molecular weight excluding hydrogens is 434 g/mol. The van der Waals surface area contributed by atoms with E-state index in [9.17, 15) is 10.2 Å². The minimum absolute atomic E-state index is 0.0844. The molecule has 5 heteroatoms. The van der Waals surface area contributed by atoms with Gasteiger partial charge in [-0.05, 0) is 51.3 Å². The summed E-state index contributed by atoms with van der Waals surface area (Å²) in [7, 11) is 0. The molecule has 3 rings (SSSR count). The second kappa shape index (κ2) is 7.20. The standard InChI is InChI=1S/C19H13Br2NO2/c20-15-8-14(19(24)16(21)10-15)11-22-17-7-6-13(9-18(17)23)12-4-2-1-3-5-12/h1-11,23-24H. The van der Waals surface area contributed by atoms with Crippen LogP contribution in [0.5, 0.6) is 11.5 Å². The van der Waals surface area contributed by atoms with Crippen LogP contribution in [0.25, 0.3) is 11.1 Å². The highest BCUT2D eigenvalue weighted by Gasteiger charge is 2.07. The van der Waals surface area contributed by atoms with E-state index in [2.05, 4.69) is 36.9 Å². The first kappa shape index (κ1) is 16.7. The summed E-state index contributed by atoms with van der Waals surface area (Å²) in [5, 5.41) is 20.3. The molecule has 0 aliphatic heterocycles. The molecule has 0 aliphatic rings. The molecule has 0 fully saturated rings. The van der Waals surface area contributed by atoms with Gasteiger partial charge in [0.15, 0.2) is 0 Å². The summed E-state index contributed by atoms with van der Waals surface area (Å²) in [6.07, 6.45) is 1.52. The van der Waals surface area contributed by atoms with Crippen molar-refractivity contribution in [2.75, 3.05) is 0 Å². The Bertz CT molecular complexity index is 909. The van der Waals surface area contributed by atoms with Crippen molar-refractivity contribution in [2.45, 2.75) is 0 Å². The first-order valence-electron chi connectivity index (χ1n) is 7.15. The molecule has 0 unspecified atom stereocenters. The highest BCUT2D eigenvalue weighted by molar-refractivity contribution is 9.11. The zero-order valence-electron chi connectivity index (χ0n) is 12.4. The van der Waals surface area contributed by atoms with Gasteiger partial charge in [0.2, 0.25) is 0 Å². The Hall–Kier alpha value is -2.11. The molecule has 0 amide bonds. The SMILES string of the molecule is Oc1cc(-c2ccccc2)ccc1N=Cc1cc(Br)cc(Br)c1O. The fourth-order valence-electron chi connectivity index (χ4n) is 2.27. The highest BCUT2D eigenvalue weighted by atomic mass is 79.9. The Morgan fingerprint density at radius 2 is 1.58 bits per heavy atom. The van der Waals surface area contributed by atoms with Gasteiger partial charge in [-0.25, -0.2) is 0 Å². The molecule has 24 heavy (non-hydrogen) atoms. The van der Waals surface area contributed by atoms with Crippen molar-refractivity contribution in [1.29, 1.82) is 0 Å². The number of aliphatic imine (C=N–C) groups is 1. The number of phenols is 2. The van der Waals surface area contributed by atoms with E-state index in [1.807, 2.05) is 36.4 Å². The first-order valence-corrected chi connectivity index (χ1v) is 8.74. The fourth-order valence-corrected chi connectivity index (χ4v) is 3.52. The van der Waals surface area contributed by atoms with Crippen LogP contribution in [0.2, 0.25) is 0 Å². The van der Waals surface area contributed by atoms with Crippen LogP contribution < -0.4 is 0 Å². The number of hydrogen-bond acceptors (Lipinski definition) is 3. The zero-order chi connectivity index (χ0) is 17.1. The normalized spacial score (nSPS) is 11.1. The Morgan fingerprint density at radius 3 is 2.29 bits per heavy atom. The number of aromatic hydroxyl groups is 2. The number of phenolic OH excluding ortho intramolecular Hbond substituents is 2. The summed E-state index contributed by atoms with van der Waals surface area (Å²) in [5.41, 5.74) is 2.92. The summed E-state index contributed by atoms with van der Waals surface area (Å²) in [6.45, 7) is 0. The lowest BCUT2D eigenvalue weighted by Gasteiger charge is -2.05. The molecule has 3 aromatic rings. The van der Waals surface area contributed by atoms with E-state index in [-0.39, 0.29) is 11.5 Å². The molecule has 0 saturated heterocycles. The molecule has 0 atom stereocenters. The topological polar surface area (TPSA) is 52.8 Å². The van der Waals surface area contributed by atoms with E-state index < -0.39 is 0 Å². The van der Waals surface area contributed by atoms with Gasteiger partial charge < -0.3 is 10.2 Å². The molecule has 0 aromatic heterocycles. The van der Waals surface area contributed by atoms with Crippen molar-refractivity contribution in [3.63, 3.8) is 0 Å². The Kier molecular flexibility index (Phi) is 5.02. The van der Waals surface area contributed by atoms with Gasteiger partial charge in [-0.3, -0.25) is 4.99 Å². The van der Waals surface area contributed by atoms with E-state index in [4.69, 9.17) is 0 Å². The van der Waals surface area contributed by atoms with Crippen molar-refractivity contribution in [1.82, 2.24) is 0 Å². The van der Waals surface area contributed by atoms with Gasteiger partial charge in [-0.1, -0.05) is 52.3 Å². The smallest absolute Gasteiger partial charge is 0.141 e. The predicted octanol–water partition coefficient (Wildman–Crippen LogP) is 6.04. The highest BCUT2D eigenvalue weighted by Crippen LogP contribution is 2.34.